The van der Waals surface area contributed by atoms with E-state index in [1.54, 1.807) is 30.3 Å². The van der Waals surface area contributed by atoms with E-state index in [9.17, 15) is 9.18 Å². The van der Waals surface area contributed by atoms with Crippen LogP contribution in [-0.4, -0.2) is 17.5 Å². The van der Waals surface area contributed by atoms with Gasteiger partial charge >= 0.3 is 0 Å². The first-order chi connectivity index (χ1) is 12.6. The summed E-state index contributed by atoms with van der Waals surface area (Å²) in [6.07, 6.45) is 4.55. The molecule has 6 heteroatoms. The molecule has 0 saturated carbocycles. The van der Waals surface area contributed by atoms with Gasteiger partial charge < -0.3 is 10.1 Å². The van der Waals surface area contributed by atoms with Crippen molar-refractivity contribution < 1.29 is 13.9 Å². The van der Waals surface area contributed by atoms with Gasteiger partial charge in [-0.3, -0.25) is 4.79 Å². The molecule has 4 nitrogen and oxygen atoms in total. The Bertz CT molecular complexity index is 966. The first kappa shape index (κ1) is 18.1. The van der Waals surface area contributed by atoms with E-state index in [2.05, 4.69) is 10.3 Å². The number of amides is 1. The van der Waals surface area contributed by atoms with Crippen LogP contribution in [0.1, 0.15) is 28.7 Å². The van der Waals surface area contributed by atoms with Gasteiger partial charge in [-0.2, -0.15) is 0 Å². The molecule has 0 radical (unpaired) electrons. The topological polar surface area (TPSA) is 51.2 Å². The lowest BCUT2D eigenvalue weighted by molar-refractivity contribution is 0.102. The van der Waals surface area contributed by atoms with Gasteiger partial charge in [0.25, 0.3) is 5.91 Å². The lowest BCUT2D eigenvalue weighted by Crippen LogP contribution is -2.13. The largest absolute Gasteiger partial charge is 0.490 e. The molecule has 2 aromatic carbocycles. The number of nitrogens with zero attached hydrogens (tertiary/aromatic N) is 1. The maximum absolute atomic E-state index is 14.5. The van der Waals surface area contributed by atoms with Crippen molar-refractivity contribution in [2.75, 3.05) is 11.9 Å². The fraction of sp³-hybridized carbons (Fsp3) is 0.200. The number of halogens is 1. The van der Waals surface area contributed by atoms with Crippen LogP contribution >= 0.6 is 11.3 Å². The predicted molar refractivity (Wildman–Crippen MR) is 104 cm³/mol. The normalized spacial score (nSPS) is 11.2. The molecular weight excluding hydrogens is 351 g/mol. The Morgan fingerprint density at radius 1 is 1.35 bits per heavy atom. The second-order valence-corrected chi connectivity index (χ2v) is 6.93. The van der Waals surface area contributed by atoms with Crippen molar-refractivity contribution in [2.45, 2.75) is 20.3 Å². The van der Waals surface area contributed by atoms with Crippen LogP contribution in [0, 0.1) is 12.7 Å². The second-order valence-electron chi connectivity index (χ2n) is 5.69. The van der Waals surface area contributed by atoms with Crippen molar-refractivity contribution in [1.82, 2.24) is 4.98 Å². The highest BCUT2D eigenvalue weighted by molar-refractivity contribution is 7.18. The summed E-state index contributed by atoms with van der Waals surface area (Å²) in [7, 11) is 0. The van der Waals surface area contributed by atoms with Gasteiger partial charge in [-0.15, -0.1) is 11.3 Å². The van der Waals surface area contributed by atoms with Crippen LogP contribution in [0.15, 0.2) is 48.6 Å². The molecule has 1 amide bonds. The average molecular weight is 370 g/mol. The predicted octanol–water partition coefficient (Wildman–Crippen LogP) is 5.34. The number of nitrogens with one attached hydrogen (secondary N) is 1. The maximum Gasteiger partial charge on any atom is 0.255 e. The molecule has 0 spiro atoms. The van der Waals surface area contributed by atoms with E-state index in [-0.39, 0.29) is 17.3 Å². The Hall–Kier alpha value is -2.73. The van der Waals surface area contributed by atoms with E-state index in [0.29, 0.717) is 18.6 Å². The number of aromatic nitrogens is 1. The monoisotopic (exact) mass is 370 g/mol. The minimum absolute atomic E-state index is 0.0964. The number of thiazole rings is 1. The van der Waals surface area contributed by atoms with Crippen molar-refractivity contribution in [3.63, 3.8) is 0 Å². The molecule has 0 saturated heterocycles. The minimum Gasteiger partial charge on any atom is -0.490 e. The van der Waals surface area contributed by atoms with Crippen LogP contribution in [0.5, 0.6) is 5.75 Å². The summed E-state index contributed by atoms with van der Waals surface area (Å²) in [6, 6.07) is 9.97. The molecule has 26 heavy (non-hydrogen) atoms. The molecule has 0 aliphatic rings. The molecule has 1 heterocycles. The number of benzene rings is 2. The minimum atomic E-state index is -0.573. The summed E-state index contributed by atoms with van der Waals surface area (Å²) in [6.45, 7) is 4.21. The summed E-state index contributed by atoms with van der Waals surface area (Å²) in [5, 5.41) is 3.55. The molecule has 134 valence electrons. The van der Waals surface area contributed by atoms with Gasteiger partial charge in [0.2, 0.25) is 0 Å². The van der Waals surface area contributed by atoms with E-state index < -0.39 is 5.82 Å². The molecule has 0 aliphatic carbocycles. The summed E-state index contributed by atoms with van der Waals surface area (Å²) in [5.74, 6) is -0.820. The number of rotatable bonds is 6. The van der Waals surface area contributed by atoms with Crippen LogP contribution in [0.2, 0.25) is 0 Å². The third kappa shape index (κ3) is 4.08. The number of fused-ring (bicyclic) bond motifs is 1. The molecule has 1 aromatic heterocycles. The standard InChI is InChI=1S/C20H19FN2O2S/c1-3-4-5-11-25-17-8-6-7-16(19(17)21)23-20(24)14-9-10-15-18(12-14)26-13(2)22-15/h3-4,6-10,12H,5,11H2,1-2H3,(H,23,24). The van der Waals surface area contributed by atoms with Gasteiger partial charge in [0, 0.05) is 5.56 Å². The number of carbonyl (C=O) groups excluding carboxylic acids is 1. The third-order valence-electron chi connectivity index (χ3n) is 3.75. The van der Waals surface area contributed by atoms with Gasteiger partial charge in [0.15, 0.2) is 11.6 Å². The molecule has 0 atom stereocenters. The Kier molecular flexibility index (Phi) is 5.63. The van der Waals surface area contributed by atoms with Gasteiger partial charge in [-0.1, -0.05) is 18.2 Å². The average Bonchev–Trinajstić information content (AvgIpc) is 3.00. The van der Waals surface area contributed by atoms with Crippen molar-refractivity contribution in [2.24, 2.45) is 0 Å². The van der Waals surface area contributed by atoms with Gasteiger partial charge in [-0.25, -0.2) is 9.37 Å². The fourth-order valence-corrected chi connectivity index (χ4v) is 3.36. The Morgan fingerprint density at radius 3 is 3.00 bits per heavy atom. The number of aryl methyl sites for hydroxylation is 1. The van der Waals surface area contributed by atoms with E-state index in [0.717, 1.165) is 15.2 Å². The maximum atomic E-state index is 14.5. The number of hydrogen-bond donors (Lipinski definition) is 1. The third-order valence-corrected chi connectivity index (χ3v) is 4.68. The number of hydrogen-bond acceptors (Lipinski definition) is 4. The summed E-state index contributed by atoms with van der Waals surface area (Å²) < 4.78 is 20.9. The molecular formula is C20H19FN2O2S. The Labute approximate surface area is 155 Å². The zero-order chi connectivity index (χ0) is 18.5. The van der Waals surface area contributed by atoms with Crippen LogP contribution in [0.25, 0.3) is 10.2 Å². The van der Waals surface area contributed by atoms with Crippen LogP contribution in [0.4, 0.5) is 10.1 Å². The highest BCUT2D eigenvalue weighted by Gasteiger charge is 2.14. The molecule has 0 fully saturated rings. The van der Waals surface area contributed by atoms with Crippen LogP contribution in [-0.2, 0) is 0 Å². The molecule has 3 aromatic rings. The molecule has 0 aliphatic heterocycles. The summed E-state index contributed by atoms with van der Waals surface area (Å²) in [4.78, 5) is 16.9. The second kappa shape index (κ2) is 8.10. The number of ether oxygens (including phenoxy) is 1. The van der Waals surface area contributed by atoms with E-state index >= 15 is 0 Å². The molecule has 3 rings (SSSR count). The number of carbonyl (C=O) groups is 1. The van der Waals surface area contributed by atoms with Crippen molar-refractivity contribution in [3.8, 4) is 5.75 Å². The first-order valence-corrected chi connectivity index (χ1v) is 9.11. The zero-order valence-electron chi connectivity index (χ0n) is 14.6. The van der Waals surface area contributed by atoms with Gasteiger partial charge in [0.05, 0.1) is 27.5 Å². The van der Waals surface area contributed by atoms with Gasteiger partial charge in [0.1, 0.15) is 0 Å². The molecule has 1 N–H and O–H groups in total. The lowest BCUT2D eigenvalue weighted by atomic mass is 10.2. The zero-order valence-corrected chi connectivity index (χ0v) is 15.4. The lowest BCUT2D eigenvalue weighted by Gasteiger charge is -2.11. The summed E-state index contributed by atoms with van der Waals surface area (Å²) >= 11 is 1.52. The van der Waals surface area contributed by atoms with E-state index in [4.69, 9.17) is 4.74 Å². The molecule has 0 unspecified atom stereocenters. The summed E-state index contributed by atoms with van der Waals surface area (Å²) in [5.41, 5.74) is 1.41. The van der Waals surface area contributed by atoms with Crippen molar-refractivity contribution in [1.29, 1.82) is 0 Å². The highest BCUT2D eigenvalue weighted by Crippen LogP contribution is 2.26. The fourth-order valence-electron chi connectivity index (χ4n) is 2.50. The van der Waals surface area contributed by atoms with Gasteiger partial charge in [-0.05, 0) is 50.6 Å². The first-order valence-electron chi connectivity index (χ1n) is 8.29. The van der Waals surface area contributed by atoms with Crippen molar-refractivity contribution >= 4 is 33.1 Å². The van der Waals surface area contributed by atoms with Crippen LogP contribution < -0.4 is 10.1 Å². The van der Waals surface area contributed by atoms with Crippen LogP contribution in [0.3, 0.4) is 0 Å². The van der Waals surface area contributed by atoms with E-state index in [1.807, 2.05) is 26.0 Å². The van der Waals surface area contributed by atoms with Crippen molar-refractivity contribution in [3.05, 3.63) is 64.9 Å². The Morgan fingerprint density at radius 2 is 2.19 bits per heavy atom. The number of allylic oxidation sites excluding steroid dienone is 1. The molecule has 0 bridgehead atoms. The number of anilines is 1. The Balaban J connectivity index is 1.75. The quantitative estimate of drug-likeness (QED) is 0.471. The smallest absolute Gasteiger partial charge is 0.255 e. The highest BCUT2D eigenvalue weighted by atomic mass is 32.1. The van der Waals surface area contributed by atoms with E-state index in [1.165, 1.54) is 17.4 Å². The SMILES string of the molecule is CC=CCCOc1cccc(NC(=O)c2ccc3nc(C)sc3c2)c1F.